The van der Waals surface area contributed by atoms with Gasteiger partial charge in [-0.3, -0.25) is 14.3 Å². The van der Waals surface area contributed by atoms with E-state index in [9.17, 15) is 9.59 Å². The van der Waals surface area contributed by atoms with Crippen LogP contribution in [0.5, 0.6) is 0 Å². The smallest absolute Gasteiger partial charge is 0.235 e. The summed E-state index contributed by atoms with van der Waals surface area (Å²) >= 11 is 1.78. The average Bonchev–Trinajstić information content (AvgIpc) is 3.18. The third-order valence-electron chi connectivity index (χ3n) is 3.97. The zero-order chi connectivity index (χ0) is 14.8. The van der Waals surface area contributed by atoms with Crippen molar-refractivity contribution in [3.63, 3.8) is 0 Å². The third-order valence-corrected chi connectivity index (χ3v) is 5.33. The van der Waals surface area contributed by atoms with E-state index in [0.29, 0.717) is 5.82 Å². The molecule has 0 bridgehead atoms. The second-order valence-electron chi connectivity index (χ2n) is 5.59. The van der Waals surface area contributed by atoms with Crippen molar-refractivity contribution < 1.29 is 9.59 Å². The molecule has 0 aliphatic carbocycles. The molecule has 0 spiro atoms. The lowest BCUT2D eigenvalue weighted by Crippen LogP contribution is -2.35. The van der Waals surface area contributed by atoms with Crippen molar-refractivity contribution in [2.75, 3.05) is 24.2 Å². The van der Waals surface area contributed by atoms with Crippen LogP contribution < -0.4 is 5.32 Å². The number of rotatable bonds is 3. The number of hydrogen-bond donors (Lipinski definition) is 1. The Morgan fingerprint density at radius 3 is 3.00 bits per heavy atom. The van der Waals surface area contributed by atoms with E-state index in [0.717, 1.165) is 38.1 Å². The third kappa shape index (κ3) is 3.23. The fraction of sp³-hybridized carbons (Fsp3) is 0.643. The fourth-order valence-corrected chi connectivity index (χ4v) is 4.17. The predicted octanol–water partition coefficient (Wildman–Crippen LogP) is 1.51. The van der Waals surface area contributed by atoms with E-state index in [1.54, 1.807) is 17.8 Å². The molecule has 3 heterocycles. The molecular weight excluding hydrogens is 288 g/mol. The molecule has 2 fully saturated rings. The summed E-state index contributed by atoms with van der Waals surface area (Å²) in [7, 11) is 0. The van der Waals surface area contributed by atoms with E-state index in [4.69, 9.17) is 0 Å². The largest absolute Gasteiger partial charge is 0.340 e. The Bertz CT molecular complexity index is 539. The number of carbonyl (C=O) groups is 2. The molecule has 7 heteroatoms. The van der Waals surface area contributed by atoms with Crippen molar-refractivity contribution in [3.8, 4) is 0 Å². The first-order chi connectivity index (χ1) is 10.1. The molecule has 21 heavy (non-hydrogen) atoms. The van der Waals surface area contributed by atoms with Gasteiger partial charge in [-0.15, -0.1) is 11.8 Å². The highest BCUT2D eigenvalue weighted by molar-refractivity contribution is 8.00. The number of thioether (sulfide) groups is 1. The van der Waals surface area contributed by atoms with E-state index in [2.05, 4.69) is 10.4 Å². The first-order valence-electron chi connectivity index (χ1n) is 7.36. The minimum Gasteiger partial charge on any atom is -0.340 e. The summed E-state index contributed by atoms with van der Waals surface area (Å²) in [6.07, 6.45) is 4.95. The van der Waals surface area contributed by atoms with Gasteiger partial charge < -0.3 is 10.2 Å². The van der Waals surface area contributed by atoms with Crippen LogP contribution in [0.25, 0.3) is 0 Å². The van der Waals surface area contributed by atoms with Crippen molar-refractivity contribution in [2.45, 2.75) is 37.5 Å². The van der Waals surface area contributed by atoms with E-state index in [1.165, 1.54) is 6.92 Å². The molecule has 0 unspecified atom stereocenters. The summed E-state index contributed by atoms with van der Waals surface area (Å²) in [5.41, 5.74) is 0. The topological polar surface area (TPSA) is 67.2 Å². The first kappa shape index (κ1) is 14.4. The second-order valence-corrected chi connectivity index (χ2v) is 6.90. The van der Waals surface area contributed by atoms with Crippen LogP contribution in [0.2, 0.25) is 0 Å². The van der Waals surface area contributed by atoms with Gasteiger partial charge in [0, 0.05) is 32.3 Å². The number of nitrogens with one attached hydrogen (secondary N) is 1. The fourth-order valence-electron chi connectivity index (χ4n) is 2.92. The standard InChI is InChI=1S/C14H20N4O2S/c1-10(19)15-13-5-7-18(16-13)11-4-6-17(9-11)14(20)12-3-2-8-21-12/h5,7,11-12H,2-4,6,8-9H2,1H3,(H,15,16,19)/t11-,12-/m1/s1. The molecular formula is C14H20N4O2S. The van der Waals surface area contributed by atoms with Crippen molar-refractivity contribution in [2.24, 2.45) is 0 Å². The van der Waals surface area contributed by atoms with Crippen LogP contribution in [0.4, 0.5) is 5.82 Å². The molecule has 6 nitrogen and oxygen atoms in total. The molecule has 0 radical (unpaired) electrons. The summed E-state index contributed by atoms with van der Waals surface area (Å²) in [4.78, 5) is 25.4. The lowest BCUT2D eigenvalue weighted by Gasteiger charge is -2.20. The normalized spacial score (nSPS) is 25.3. The zero-order valence-corrected chi connectivity index (χ0v) is 12.9. The maximum absolute atomic E-state index is 12.4. The quantitative estimate of drug-likeness (QED) is 0.919. The summed E-state index contributed by atoms with van der Waals surface area (Å²) < 4.78 is 1.86. The minimum atomic E-state index is -0.123. The van der Waals surface area contributed by atoms with Gasteiger partial charge in [0.2, 0.25) is 11.8 Å². The van der Waals surface area contributed by atoms with Gasteiger partial charge in [0.25, 0.3) is 0 Å². The number of nitrogens with zero attached hydrogens (tertiary/aromatic N) is 3. The first-order valence-corrected chi connectivity index (χ1v) is 8.41. The van der Waals surface area contributed by atoms with Gasteiger partial charge in [-0.2, -0.15) is 5.10 Å². The van der Waals surface area contributed by atoms with Gasteiger partial charge in [0.1, 0.15) is 0 Å². The number of likely N-dealkylation sites (tertiary alicyclic amines) is 1. The second kappa shape index (κ2) is 6.09. The molecule has 1 aromatic heterocycles. The van der Waals surface area contributed by atoms with Gasteiger partial charge in [-0.05, 0) is 25.0 Å². The van der Waals surface area contributed by atoms with E-state index in [1.807, 2.05) is 15.8 Å². The van der Waals surface area contributed by atoms with Crippen LogP contribution in [-0.2, 0) is 9.59 Å². The Kier molecular flexibility index (Phi) is 4.19. The Hall–Kier alpha value is -1.50. The van der Waals surface area contributed by atoms with E-state index in [-0.39, 0.29) is 23.1 Å². The highest BCUT2D eigenvalue weighted by atomic mass is 32.2. The van der Waals surface area contributed by atoms with Gasteiger partial charge in [0.05, 0.1) is 11.3 Å². The zero-order valence-electron chi connectivity index (χ0n) is 12.1. The van der Waals surface area contributed by atoms with Crippen molar-refractivity contribution >= 4 is 29.4 Å². The van der Waals surface area contributed by atoms with Crippen LogP contribution >= 0.6 is 11.8 Å². The molecule has 2 aliphatic heterocycles. The summed E-state index contributed by atoms with van der Waals surface area (Å²) in [5, 5.41) is 7.20. The number of anilines is 1. The van der Waals surface area contributed by atoms with Gasteiger partial charge in [-0.25, -0.2) is 0 Å². The lowest BCUT2D eigenvalue weighted by molar-refractivity contribution is -0.129. The lowest BCUT2D eigenvalue weighted by atomic mass is 10.2. The Morgan fingerprint density at radius 1 is 1.43 bits per heavy atom. The molecule has 0 saturated carbocycles. The molecule has 1 N–H and O–H groups in total. The molecule has 114 valence electrons. The Balaban J connectivity index is 1.59. The molecule has 1 aromatic rings. The summed E-state index contributed by atoms with van der Waals surface area (Å²) in [5.74, 6) is 1.84. The van der Waals surface area contributed by atoms with Crippen LogP contribution in [0, 0.1) is 0 Å². The monoisotopic (exact) mass is 308 g/mol. The van der Waals surface area contributed by atoms with Crippen LogP contribution in [0.3, 0.4) is 0 Å². The van der Waals surface area contributed by atoms with Crippen molar-refractivity contribution in [1.82, 2.24) is 14.7 Å². The van der Waals surface area contributed by atoms with E-state index >= 15 is 0 Å². The van der Waals surface area contributed by atoms with Crippen molar-refractivity contribution in [1.29, 1.82) is 0 Å². The maximum atomic E-state index is 12.4. The average molecular weight is 308 g/mol. The van der Waals surface area contributed by atoms with Crippen LogP contribution in [0.1, 0.15) is 32.2 Å². The Labute approximate surface area is 128 Å². The molecule has 2 aliphatic rings. The molecule has 3 rings (SSSR count). The van der Waals surface area contributed by atoms with Crippen LogP contribution in [-0.4, -0.2) is 50.6 Å². The highest BCUT2D eigenvalue weighted by Gasteiger charge is 2.33. The van der Waals surface area contributed by atoms with Gasteiger partial charge >= 0.3 is 0 Å². The predicted molar refractivity (Wildman–Crippen MR) is 82.2 cm³/mol. The van der Waals surface area contributed by atoms with Gasteiger partial charge in [0.15, 0.2) is 5.82 Å². The molecule has 2 atom stereocenters. The van der Waals surface area contributed by atoms with E-state index < -0.39 is 0 Å². The maximum Gasteiger partial charge on any atom is 0.235 e. The SMILES string of the molecule is CC(=O)Nc1ccn([C@@H]2CCN(C(=O)[C@H]3CCCS3)C2)n1. The number of amides is 2. The van der Waals surface area contributed by atoms with Crippen LogP contribution in [0.15, 0.2) is 12.3 Å². The summed E-state index contributed by atoms with van der Waals surface area (Å²) in [6.45, 7) is 2.99. The minimum absolute atomic E-state index is 0.123. The molecule has 2 amide bonds. The highest BCUT2D eigenvalue weighted by Crippen LogP contribution is 2.30. The van der Waals surface area contributed by atoms with Crippen molar-refractivity contribution in [3.05, 3.63) is 12.3 Å². The number of aromatic nitrogens is 2. The van der Waals surface area contributed by atoms with Gasteiger partial charge in [-0.1, -0.05) is 0 Å². The Morgan fingerprint density at radius 2 is 2.29 bits per heavy atom. The number of hydrogen-bond acceptors (Lipinski definition) is 4. The summed E-state index contributed by atoms with van der Waals surface area (Å²) in [6, 6.07) is 2.00. The molecule has 0 aromatic carbocycles. The number of carbonyl (C=O) groups excluding carboxylic acids is 2. The molecule has 2 saturated heterocycles.